The Morgan fingerprint density at radius 3 is 2.53 bits per heavy atom. The lowest BCUT2D eigenvalue weighted by atomic mass is 10.1. The van der Waals surface area contributed by atoms with Gasteiger partial charge in [0.1, 0.15) is 5.69 Å². The molecule has 102 valence electrons. The zero-order valence-electron chi connectivity index (χ0n) is 12.1. The summed E-state index contributed by atoms with van der Waals surface area (Å²) in [7, 11) is 3.83. The lowest BCUT2D eigenvalue weighted by Crippen LogP contribution is -2.12. The van der Waals surface area contributed by atoms with Gasteiger partial charge in [-0.25, -0.2) is 4.98 Å². The van der Waals surface area contributed by atoms with E-state index < -0.39 is 0 Å². The van der Waals surface area contributed by atoms with Crippen LogP contribution in [0.15, 0.2) is 18.3 Å². The molecular formula is C14H20N4O. The second-order valence-electron chi connectivity index (χ2n) is 4.67. The Balaban J connectivity index is 2.20. The number of hydrogen-bond donors (Lipinski definition) is 1. The van der Waals surface area contributed by atoms with E-state index in [4.69, 9.17) is 4.74 Å². The topological polar surface area (TPSA) is 52.0 Å². The van der Waals surface area contributed by atoms with E-state index in [1.807, 2.05) is 51.0 Å². The highest BCUT2D eigenvalue weighted by Crippen LogP contribution is 2.27. The third kappa shape index (κ3) is 2.76. The van der Waals surface area contributed by atoms with E-state index >= 15 is 0 Å². The first-order valence-corrected chi connectivity index (χ1v) is 6.34. The van der Waals surface area contributed by atoms with Gasteiger partial charge in [0.05, 0.1) is 5.69 Å². The molecule has 0 saturated carbocycles. The fraction of sp³-hybridized carbons (Fsp3) is 0.429. The van der Waals surface area contributed by atoms with Crippen LogP contribution in [0.5, 0.6) is 11.6 Å². The Hall–Kier alpha value is -1.88. The van der Waals surface area contributed by atoms with E-state index in [-0.39, 0.29) is 6.04 Å². The van der Waals surface area contributed by atoms with Crippen LogP contribution in [-0.2, 0) is 7.05 Å². The predicted molar refractivity (Wildman–Crippen MR) is 74.5 cm³/mol. The number of aryl methyl sites for hydroxylation is 2. The fourth-order valence-electron chi connectivity index (χ4n) is 1.88. The van der Waals surface area contributed by atoms with Gasteiger partial charge < -0.3 is 10.1 Å². The summed E-state index contributed by atoms with van der Waals surface area (Å²) in [6, 6.07) is 4.18. The van der Waals surface area contributed by atoms with E-state index in [9.17, 15) is 0 Å². The van der Waals surface area contributed by atoms with Crippen molar-refractivity contribution in [3.63, 3.8) is 0 Å². The van der Waals surface area contributed by atoms with Crippen LogP contribution in [0.4, 0.5) is 0 Å². The average Bonchev–Trinajstić information content (AvgIpc) is 2.65. The van der Waals surface area contributed by atoms with Crippen LogP contribution in [0.1, 0.15) is 29.9 Å². The maximum Gasteiger partial charge on any atom is 0.219 e. The lowest BCUT2D eigenvalue weighted by Gasteiger charge is -2.10. The largest absolute Gasteiger partial charge is 0.435 e. The van der Waals surface area contributed by atoms with Crippen LogP contribution in [-0.4, -0.2) is 21.8 Å². The number of aromatic nitrogens is 3. The summed E-state index contributed by atoms with van der Waals surface area (Å²) in [4.78, 5) is 4.34. The van der Waals surface area contributed by atoms with Crippen LogP contribution in [0, 0.1) is 13.8 Å². The highest BCUT2D eigenvalue weighted by Gasteiger charge is 2.12. The molecule has 0 aromatic carbocycles. The Labute approximate surface area is 113 Å². The summed E-state index contributed by atoms with van der Waals surface area (Å²) < 4.78 is 7.62. The number of rotatable bonds is 4. The molecule has 0 fully saturated rings. The molecule has 19 heavy (non-hydrogen) atoms. The van der Waals surface area contributed by atoms with Gasteiger partial charge in [-0.05, 0) is 33.4 Å². The average molecular weight is 260 g/mol. The molecule has 0 saturated heterocycles. The van der Waals surface area contributed by atoms with E-state index in [1.165, 1.54) is 0 Å². The fourth-order valence-corrected chi connectivity index (χ4v) is 1.88. The molecule has 1 N–H and O–H groups in total. The summed E-state index contributed by atoms with van der Waals surface area (Å²) in [5, 5.41) is 7.50. The molecule has 0 aliphatic rings. The highest BCUT2D eigenvalue weighted by molar-refractivity contribution is 5.35. The van der Waals surface area contributed by atoms with E-state index in [0.29, 0.717) is 5.88 Å². The molecule has 2 rings (SSSR count). The standard InChI is InChI=1S/C14H20N4O/c1-9(15-4)12-6-7-13(16-8-12)19-14-10(2)17-18(5)11(14)3/h6-9,15H,1-5H3. The summed E-state index contributed by atoms with van der Waals surface area (Å²) in [5.41, 5.74) is 3.00. The molecule has 0 aliphatic carbocycles. The summed E-state index contributed by atoms with van der Waals surface area (Å²) in [5.74, 6) is 1.37. The molecular weight excluding hydrogens is 240 g/mol. The zero-order valence-corrected chi connectivity index (χ0v) is 12.1. The minimum atomic E-state index is 0.281. The second-order valence-corrected chi connectivity index (χ2v) is 4.67. The number of hydrogen-bond acceptors (Lipinski definition) is 4. The Morgan fingerprint density at radius 1 is 1.32 bits per heavy atom. The van der Waals surface area contributed by atoms with Crippen molar-refractivity contribution in [3.05, 3.63) is 35.3 Å². The molecule has 0 bridgehead atoms. The van der Waals surface area contributed by atoms with Gasteiger partial charge >= 0.3 is 0 Å². The van der Waals surface area contributed by atoms with Gasteiger partial charge in [-0.1, -0.05) is 6.07 Å². The van der Waals surface area contributed by atoms with Crippen LogP contribution in [0.3, 0.4) is 0 Å². The summed E-state index contributed by atoms with van der Waals surface area (Å²) >= 11 is 0. The minimum Gasteiger partial charge on any atom is -0.435 e. The molecule has 5 nitrogen and oxygen atoms in total. The predicted octanol–water partition coefficient (Wildman–Crippen LogP) is 2.50. The normalized spacial score (nSPS) is 12.5. The van der Waals surface area contributed by atoms with Crippen LogP contribution >= 0.6 is 0 Å². The van der Waals surface area contributed by atoms with Crippen molar-refractivity contribution >= 4 is 0 Å². The van der Waals surface area contributed by atoms with Crippen LogP contribution in [0.25, 0.3) is 0 Å². The van der Waals surface area contributed by atoms with Crippen LogP contribution < -0.4 is 10.1 Å². The SMILES string of the molecule is CNC(C)c1ccc(Oc2c(C)nn(C)c2C)nc1. The van der Waals surface area contributed by atoms with Crippen molar-refractivity contribution in [3.8, 4) is 11.6 Å². The Morgan fingerprint density at radius 2 is 2.05 bits per heavy atom. The molecule has 5 heteroatoms. The highest BCUT2D eigenvalue weighted by atomic mass is 16.5. The molecule has 2 heterocycles. The van der Waals surface area contributed by atoms with Gasteiger partial charge in [-0.3, -0.25) is 4.68 Å². The third-order valence-corrected chi connectivity index (χ3v) is 3.34. The van der Waals surface area contributed by atoms with Gasteiger partial charge in [-0.2, -0.15) is 5.10 Å². The smallest absolute Gasteiger partial charge is 0.219 e. The van der Waals surface area contributed by atoms with Crippen molar-refractivity contribution in [1.82, 2.24) is 20.1 Å². The zero-order chi connectivity index (χ0) is 14.0. The molecule has 0 amide bonds. The van der Waals surface area contributed by atoms with Gasteiger partial charge in [-0.15, -0.1) is 0 Å². The van der Waals surface area contributed by atoms with E-state index in [2.05, 4.69) is 22.3 Å². The van der Waals surface area contributed by atoms with Gasteiger partial charge in [0.15, 0.2) is 5.75 Å². The maximum absolute atomic E-state index is 5.81. The first-order chi connectivity index (χ1) is 9.02. The van der Waals surface area contributed by atoms with Gasteiger partial charge in [0.25, 0.3) is 0 Å². The Kier molecular flexibility index (Phi) is 3.85. The van der Waals surface area contributed by atoms with E-state index in [1.54, 1.807) is 0 Å². The molecule has 0 aliphatic heterocycles. The molecule has 1 unspecified atom stereocenters. The van der Waals surface area contributed by atoms with Crippen molar-refractivity contribution < 1.29 is 4.74 Å². The molecule has 2 aromatic rings. The first-order valence-electron chi connectivity index (χ1n) is 6.34. The van der Waals surface area contributed by atoms with Crippen LogP contribution in [0.2, 0.25) is 0 Å². The molecule has 2 aromatic heterocycles. The minimum absolute atomic E-state index is 0.281. The summed E-state index contributed by atoms with van der Waals surface area (Å²) in [6.07, 6.45) is 1.83. The molecule has 0 radical (unpaired) electrons. The van der Waals surface area contributed by atoms with E-state index in [0.717, 1.165) is 22.7 Å². The Bertz CT molecular complexity index is 560. The van der Waals surface area contributed by atoms with Crippen molar-refractivity contribution in [2.45, 2.75) is 26.8 Å². The first kappa shape index (κ1) is 13.5. The summed E-state index contributed by atoms with van der Waals surface area (Å²) in [6.45, 7) is 6.00. The molecule has 0 spiro atoms. The van der Waals surface area contributed by atoms with Gasteiger partial charge in [0, 0.05) is 25.4 Å². The number of pyridine rings is 1. The number of ether oxygens (including phenoxy) is 1. The number of nitrogens with one attached hydrogen (secondary N) is 1. The quantitative estimate of drug-likeness (QED) is 0.917. The van der Waals surface area contributed by atoms with Crippen molar-refractivity contribution in [2.75, 3.05) is 7.05 Å². The maximum atomic E-state index is 5.81. The second kappa shape index (κ2) is 5.40. The third-order valence-electron chi connectivity index (χ3n) is 3.34. The van der Waals surface area contributed by atoms with Crippen molar-refractivity contribution in [1.29, 1.82) is 0 Å². The lowest BCUT2D eigenvalue weighted by molar-refractivity contribution is 0.454. The van der Waals surface area contributed by atoms with Crippen molar-refractivity contribution in [2.24, 2.45) is 7.05 Å². The monoisotopic (exact) mass is 260 g/mol. The number of nitrogens with zero attached hydrogens (tertiary/aromatic N) is 3. The molecule has 1 atom stereocenters. The van der Waals surface area contributed by atoms with Gasteiger partial charge in [0.2, 0.25) is 5.88 Å².